The molecule has 0 aromatic carbocycles. The number of aryl methyl sites for hydroxylation is 1. The number of carbonyl (C=O) groups excluding carboxylic acids is 1. The van der Waals surface area contributed by atoms with E-state index in [1.54, 1.807) is 30.6 Å². The lowest BCUT2D eigenvalue weighted by Crippen LogP contribution is -2.28. The van der Waals surface area contributed by atoms with Crippen LogP contribution in [0, 0.1) is 6.92 Å². The Kier molecular flexibility index (Phi) is 4.79. The predicted octanol–water partition coefficient (Wildman–Crippen LogP) is 3.53. The summed E-state index contributed by atoms with van der Waals surface area (Å²) in [5.41, 5.74) is 0. The van der Waals surface area contributed by atoms with Gasteiger partial charge in [-0.2, -0.15) is 0 Å². The number of carbonyl (C=O) groups is 1. The second kappa shape index (κ2) is 6.36. The molecule has 0 unspecified atom stereocenters. The Bertz CT molecular complexity index is 564. The first-order valence-corrected chi connectivity index (χ1v) is 7.33. The minimum atomic E-state index is -0.249. The van der Waals surface area contributed by atoms with Crippen LogP contribution in [0.3, 0.4) is 0 Å². The van der Waals surface area contributed by atoms with E-state index < -0.39 is 0 Å². The third-order valence-electron chi connectivity index (χ3n) is 2.61. The normalized spacial score (nSPS) is 12.4. The van der Waals surface area contributed by atoms with E-state index in [0.717, 1.165) is 4.88 Å². The molecule has 1 N–H and O–H groups in total. The molecule has 0 saturated heterocycles. The van der Waals surface area contributed by atoms with Gasteiger partial charge in [-0.1, -0.05) is 0 Å². The molecule has 0 bridgehead atoms. The number of ether oxygens (including phenoxy) is 1. The van der Waals surface area contributed by atoms with Crippen molar-refractivity contribution in [1.82, 2.24) is 5.32 Å². The molecule has 0 aliphatic carbocycles. The number of thiophene rings is 1. The molecule has 0 spiro atoms. The van der Waals surface area contributed by atoms with Crippen LogP contribution in [0.25, 0.3) is 0 Å². The van der Waals surface area contributed by atoms with Crippen molar-refractivity contribution in [2.75, 3.05) is 13.7 Å². The van der Waals surface area contributed by atoms with E-state index in [-0.39, 0.29) is 17.8 Å². The fraction of sp³-hybridized carbons (Fsp3) is 0.308. The maximum Gasteiger partial charge on any atom is 0.287 e. The molecule has 2 aromatic heterocycles. The molecular weight excluding hydrogens is 330 g/mol. The van der Waals surface area contributed by atoms with Crippen molar-refractivity contribution in [1.29, 1.82) is 0 Å². The number of amides is 1. The molecule has 2 rings (SSSR count). The molecule has 0 saturated carbocycles. The van der Waals surface area contributed by atoms with Crippen molar-refractivity contribution in [3.63, 3.8) is 0 Å². The fourth-order valence-electron chi connectivity index (χ4n) is 1.64. The minimum absolute atomic E-state index is 0.138. The van der Waals surface area contributed by atoms with Gasteiger partial charge < -0.3 is 14.5 Å². The first kappa shape index (κ1) is 14.3. The van der Waals surface area contributed by atoms with Crippen molar-refractivity contribution in [2.24, 2.45) is 0 Å². The average molecular weight is 344 g/mol. The molecule has 0 radical (unpaired) electrons. The van der Waals surface area contributed by atoms with Crippen LogP contribution in [-0.2, 0) is 4.74 Å². The zero-order valence-electron chi connectivity index (χ0n) is 10.6. The molecule has 1 amide bonds. The van der Waals surface area contributed by atoms with Crippen LogP contribution in [0.4, 0.5) is 0 Å². The topological polar surface area (TPSA) is 51.5 Å². The lowest BCUT2D eigenvalue weighted by atomic mass is 10.2. The maximum atomic E-state index is 11.8. The Morgan fingerprint density at radius 2 is 2.26 bits per heavy atom. The number of halogens is 1. The Hall–Kier alpha value is -1.11. The van der Waals surface area contributed by atoms with E-state index in [1.807, 2.05) is 19.1 Å². The van der Waals surface area contributed by atoms with Crippen LogP contribution in [0.5, 0.6) is 0 Å². The molecule has 0 fully saturated rings. The minimum Gasteiger partial charge on any atom is -0.444 e. The third kappa shape index (κ3) is 3.68. The van der Waals surface area contributed by atoms with Crippen LogP contribution < -0.4 is 5.32 Å². The zero-order valence-corrected chi connectivity index (χ0v) is 13.0. The molecular formula is C13H14BrNO3S. The number of rotatable bonds is 5. The van der Waals surface area contributed by atoms with Crippen LogP contribution in [0.15, 0.2) is 33.4 Å². The molecule has 4 nitrogen and oxygen atoms in total. The van der Waals surface area contributed by atoms with Gasteiger partial charge in [-0.05, 0) is 47.1 Å². The summed E-state index contributed by atoms with van der Waals surface area (Å²) >= 11 is 4.83. The van der Waals surface area contributed by atoms with Gasteiger partial charge in [0.1, 0.15) is 6.10 Å². The SMILES string of the molecule is CO[C@H](CNC(=O)c1ccc(Br)o1)c1ccc(C)s1. The number of nitrogens with one attached hydrogen (secondary N) is 1. The standard InChI is InChI=1S/C13H14BrNO3S/c1-8-3-5-11(19-8)10(17-2)7-15-13(16)9-4-6-12(14)18-9/h3-6,10H,7H2,1-2H3,(H,15,16)/t10-/m1/s1. The molecule has 2 aromatic rings. The second-order valence-electron chi connectivity index (χ2n) is 3.99. The quantitative estimate of drug-likeness (QED) is 0.903. The van der Waals surface area contributed by atoms with E-state index >= 15 is 0 Å². The summed E-state index contributed by atoms with van der Waals surface area (Å²) in [5, 5.41) is 2.80. The summed E-state index contributed by atoms with van der Waals surface area (Å²) in [4.78, 5) is 14.2. The number of furan rings is 1. The van der Waals surface area contributed by atoms with E-state index in [0.29, 0.717) is 11.2 Å². The molecule has 6 heteroatoms. The second-order valence-corrected chi connectivity index (χ2v) is 6.09. The smallest absolute Gasteiger partial charge is 0.287 e. The summed E-state index contributed by atoms with van der Waals surface area (Å²) < 4.78 is 11.1. The lowest BCUT2D eigenvalue weighted by Gasteiger charge is -2.13. The van der Waals surface area contributed by atoms with Crippen molar-refractivity contribution >= 4 is 33.2 Å². The van der Waals surface area contributed by atoms with Crippen LogP contribution in [-0.4, -0.2) is 19.6 Å². The van der Waals surface area contributed by atoms with Crippen molar-refractivity contribution in [3.8, 4) is 0 Å². The van der Waals surface area contributed by atoms with Crippen molar-refractivity contribution in [3.05, 3.63) is 44.4 Å². The maximum absolute atomic E-state index is 11.8. The van der Waals surface area contributed by atoms with Gasteiger partial charge in [0.05, 0.1) is 0 Å². The highest BCUT2D eigenvalue weighted by molar-refractivity contribution is 9.10. The highest BCUT2D eigenvalue weighted by Crippen LogP contribution is 2.24. The molecule has 0 aliphatic rings. The van der Waals surface area contributed by atoms with Crippen molar-refractivity contribution < 1.29 is 13.9 Å². The molecule has 19 heavy (non-hydrogen) atoms. The molecule has 0 aliphatic heterocycles. The number of hydrogen-bond donors (Lipinski definition) is 1. The van der Waals surface area contributed by atoms with Gasteiger partial charge in [-0.25, -0.2) is 0 Å². The van der Waals surface area contributed by atoms with Gasteiger partial charge in [-0.3, -0.25) is 4.79 Å². The highest BCUT2D eigenvalue weighted by atomic mass is 79.9. The van der Waals surface area contributed by atoms with Crippen LogP contribution in [0.2, 0.25) is 0 Å². The summed E-state index contributed by atoms with van der Waals surface area (Å²) in [6, 6.07) is 7.36. The first-order valence-electron chi connectivity index (χ1n) is 5.73. The molecule has 102 valence electrons. The zero-order chi connectivity index (χ0) is 13.8. The van der Waals surface area contributed by atoms with Gasteiger partial charge in [0.15, 0.2) is 10.4 Å². The monoisotopic (exact) mass is 343 g/mol. The summed E-state index contributed by atoms with van der Waals surface area (Å²) in [5.74, 6) is 0.0325. The van der Waals surface area contributed by atoms with E-state index in [4.69, 9.17) is 9.15 Å². The molecule has 1 atom stereocenters. The largest absolute Gasteiger partial charge is 0.444 e. The molecule has 2 heterocycles. The van der Waals surface area contributed by atoms with Gasteiger partial charge >= 0.3 is 0 Å². The van der Waals surface area contributed by atoms with Crippen molar-refractivity contribution in [2.45, 2.75) is 13.0 Å². The number of methoxy groups -OCH3 is 1. The lowest BCUT2D eigenvalue weighted by molar-refractivity contribution is 0.0815. The van der Waals surface area contributed by atoms with E-state index in [9.17, 15) is 4.79 Å². The number of hydrogen-bond acceptors (Lipinski definition) is 4. The van der Waals surface area contributed by atoms with Crippen LogP contribution >= 0.6 is 27.3 Å². The third-order valence-corrected chi connectivity index (χ3v) is 4.13. The Balaban J connectivity index is 1.95. The summed E-state index contributed by atoms with van der Waals surface area (Å²) in [7, 11) is 1.63. The average Bonchev–Trinajstić information content (AvgIpc) is 2.99. The Morgan fingerprint density at radius 1 is 1.47 bits per heavy atom. The van der Waals surface area contributed by atoms with E-state index in [2.05, 4.69) is 21.2 Å². The van der Waals surface area contributed by atoms with Gasteiger partial charge in [0, 0.05) is 23.4 Å². The van der Waals surface area contributed by atoms with Gasteiger partial charge in [0.2, 0.25) is 0 Å². The van der Waals surface area contributed by atoms with E-state index in [1.165, 1.54) is 4.88 Å². The summed E-state index contributed by atoms with van der Waals surface area (Å²) in [6.07, 6.45) is -0.138. The van der Waals surface area contributed by atoms with Gasteiger partial charge in [-0.15, -0.1) is 11.3 Å². The fourth-order valence-corrected chi connectivity index (χ4v) is 2.90. The first-order chi connectivity index (χ1) is 9.10. The Labute approximate surface area is 123 Å². The van der Waals surface area contributed by atoms with Crippen LogP contribution in [0.1, 0.15) is 26.4 Å². The summed E-state index contributed by atoms with van der Waals surface area (Å²) in [6.45, 7) is 2.45. The Morgan fingerprint density at radius 3 is 2.79 bits per heavy atom. The predicted molar refractivity (Wildman–Crippen MR) is 77.5 cm³/mol. The highest BCUT2D eigenvalue weighted by Gasteiger charge is 2.16. The van der Waals surface area contributed by atoms with Gasteiger partial charge in [0.25, 0.3) is 5.91 Å².